The van der Waals surface area contributed by atoms with E-state index in [0.29, 0.717) is 11.8 Å². The van der Waals surface area contributed by atoms with Crippen LogP contribution in [0.2, 0.25) is 0 Å². The van der Waals surface area contributed by atoms with Crippen molar-refractivity contribution in [3.05, 3.63) is 82.9 Å². The lowest BCUT2D eigenvalue weighted by Gasteiger charge is -2.43. The summed E-state index contributed by atoms with van der Waals surface area (Å²) < 4.78 is 0. The maximum Gasteiger partial charge on any atom is 0.0498 e. The van der Waals surface area contributed by atoms with Gasteiger partial charge >= 0.3 is 0 Å². The molecule has 0 spiro atoms. The zero-order valence-electron chi connectivity index (χ0n) is 21.4. The molecule has 0 N–H and O–H groups in total. The second-order valence-corrected chi connectivity index (χ2v) is 11.5. The monoisotopic (exact) mass is 425 g/mol. The molecule has 0 atom stereocenters. The highest BCUT2D eigenvalue weighted by Gasteiger charge is 2.41. The molecule has 0 amide bonds. The molecule has 1 aliphatic carbocycles. The van der Waals surface area contributed by atoms with Crippen molar-refractivity contribution >= 4 is 11.4 Å². The van der Waals surface area contributed by atoms with Gasteiger partial charge in [-0.2, -0.15) is 0 Å². The summed E-state index contributed by atoms with van der Waals surface area (Å²) >= 11 is 0. The largest absolute Gasteiger partial charge is 0.335 e. The quantitative estimate of drug-likeness (QED) is 0.403. The van der Waals surface area contributed by atoms with Gasteiger partial charge in [0.15, 0.2) is 0 Å². The summed E-state index contributed by atoms with van der Waals surface area (Å²) in [4.78, 5) is 2.64. The molecule has 0 radical (unpaired) electrons. The Hall–Kier alpha value is -2.54. The molecule has 0 bridgehead atoms. The van der Waals surface area contributed by atoms with Gasteiger partial charge in [-0.1, -0.05) is 96.1 Å². The fourth-order valence-electron chi connectivity index (χ4n) is 5.57. The average molecular weight is 426 g/mol. The Bertz CT molecular complexity index is 1140. The van der Waals surface area contributed by atoms with Crippen LogP contribution in [0.15, 0.2) is 60.7 Å². The Morgan fingerprint density at radius 2 is 1.28 bits per heavy atom. The fourth-order valence-corrected chi connectivity index (χ4v) is 5.57. The van der Waals surface area contributed by atoms with Crippen LogP contribution in [-0.4, -0.2) is 5.54 Å². The van der Waals surface area contributed by atoms with Gasteiger partial charge in [0.25, 0.3) is 0 Å². The minimum atomic E-state index is -0.0748. The number of hydrogen-bond acceptors (Lipinski definition) is 1. The molecule has 0 unspecified atom stereocenters. The molecule has 0 saturated carbocycles. The molecule has 0 fully saturated rings. The molecule has 32 heavy (non-hydrogen) atoms. The number of anilines is 2. The number of nitrogens with zero attached hydrogens (tertiary/aromatic N) is 1. The van der Waals surface area contributed by atoms with Crippen molar-refractivity contribution in [2.75, 3.05) is 4.90 Å². The molecule has 3 aromatic carbocycles. The number of para-hydroxylation sites is 1. The number of rotatable bonds is 4. The van der Waals surface area contributed by atoms with Gasteiger partial charge < -0.3 is 4.90 Å². The maximum atomic E-state index is 2.64. The van der Waals surface area contributed by atoms with E-state index >= 15 is 0 Å². The second kappa shape index (κ2) is 7.80. The summed E-state index contributed by atoms with van der Waals surface area (Å²) in [5, 5.41) is 0. The van der Waals surface area contributed by atoms with Crippen molar-refractivity contribution in [3.63, 3.8) is 0 Å². The Morgan fingerprint density at radius 3 is 1.91 bits per heavy atom. The predicted octanol–water partition coefficient (Wildman–Crippen LogP) is 9.18. The third kappa shape index (κ3) is 3.47. The van der Waals surface area contributed by atoms with Crippen LogP contribution in [0.1, 0.15) is 96.4 Å². The number of benzene rings is 3. The lowest BCUT2D eigenvalue weighted by atomic mass is 9.78. The second-order valence-electron chi connectivity index (χ2n) is 11.5. The lowest BCUT2D eigenvalue weighted by molar-refractivity contribution is 0.547. The normalized spacial score (nSPS) is 14.6. The van der Waals surface area contributed by atoms with Crippen molar-refractivity contribution in [1.82, 2.24) is 0 Å². The Morgan fingerprint density at radius 1 is 0.688 bits per heavy atom. The molecule has 4 rings (SSSR count). The van der Waals surface area contributed by atoms with Crippen LogP contribution in [0.4, 0.5) is 11.4 Å². The first kappa shape index (κ1) is 22.6. The van der Waals surface area contributed by atoms with Crippen molar-refractivity contribution in [3.8, 4) is 11.1 Å². The van der Waals surface area contributed by atoms with E-state index in [9.17, 15) is 0 Å². The van der Waals surface area contributed by atoms with E-state index in [4.69, 9.17) is 0 Å². The van der Waals surface area contributed by atoms with Gasteiger partial charge in [0.1, 0.15) is 0 Å². The van der Waals surface area contributed by atoms with Crippen LogP contribution in [-0.2, 0) is 5.41 Å². The molecular formula is C31H39N. The number of fused-ring (bicyclic) bond motifs is 3. The number of hydrogen-bond donors (Lipinski definition) is 0. The van der Waals surface area contributed by atoms with Crippen molar-refractivity contribution in [2.45, 2.75) is 85.1 Å². The molecule has 1 aliphatic rings. The van der Waals surface area contributed by atoms with E-state index < -0.39 is 0 Å². The van der Waals surface area contributed by atoms with Crippen LogP contribution < -0.4 is 4.90 Å². The van der Waals surface area contributed by atoms with Gasteiger partial charge in [0.2, 0.25) is 0 Å². The van der Waals surface area contributed by atoms with Gasteiger partial charge in [-0.25, -0.2) is 0 Å². The zero-order chi connectivity index (χ0) is 23.4. The molecule has 168 valence electrons. The van der Waals surface area contributed by atoms with Gasteiger partial charge in [0, 0.05) is 22.3 Å². The molecule has 1 nitrogen and oxygen atoms in total. The summed E-state index contributed by atoms with van der Waals surface area (Å²) in [6.07, 6.45) is 0. The van der Waals surface area contributed by atoms with Crippen LogP contribution >= 0.6 is 0 Å². The van der Waals surface area contributed by atoms with Gasteiger partial charge in [0.05, 0.1) is 0 Å². The maximum absolute atomic E-state index is 2.64. The van der Waals surface area contributed by atoms with Crippen LogP contribution in [0.3, 0.4) is 0 Å². The summed E-state index contributed by atoms with van der Waals surface area (Å²) in [7, 11) is 0. The van der Waals surface area contributed by atoms with Gasteiger partial charge in [-0.05, 0) is 72.1 Å². The van der Waals surface area contributed by atoms with E-state index in [0.717, 1.165) is 0 Å². The van der Waals surface area contributed by atoms with Gasteiger partial charge in [-0.15, -0.1) is 0 Å². The molecule has 0 aliphatic heterocycles. The third-order valence-corrected chi connectivity index (χ3v) is 7.04. The zero-order valence-corrected chi connectivity index (χ0v) is 21.4. The van der Waals surface area contributed by atoms with Crippen molar-refractivity contribution in [1.29, 1.82) is 0 Å². The molecule has 0 saturated heterocycles. The van der Waals surface area contributed by atoms with Crippen LogP contribution in [0, 0.1) is 0 Å². The molecule has 0 heterocycles. The molecule has 0 aromatic heterocycles. The SMILES string of the molecule is CC(C)c1ccccc1N(c1c(C(C)C)ccc2c1C(C)(C)c1ccccc1-2)C(C)(C)C. The molecule has 3 aromatic rings. The highest BCUT2D eigenvalue weighted by Crippen LogP contribution is 2.56. The summed E-state index contributed by atoms with van der Waals surface area (Å²) in [6, 6.07) is 22.7. The Kier molecular flexibility index (Phi) is 5.52. The van der Waals surface area contributed by atoms with Gasteiger partial charge in [-0.3, -0.25) is 0 Å². The van der Waals surface area contributed by atoms with Crippen molar-refractivity contribution < 1.29 is 0 Å². The first-order chi connectivity index (χ1) is 15.0. The fraction of sp³-hybridized carbons (Fsp3) is 0.419. The van der Waals surface area contributed by atoms with E-state index in [2.05, 4.69) is 128 Å². The van der Waals surface area contributed by atoms with Crippen LogP contribution in [0.5, 0.6) is 0 Å². The summed E-state index contributed by atoms with van der Waals surface area (Å²) in [5.41, 5.74) is 11.1. The first-order valence-electron chi connectivity index (χ1n) is 12.1. The topological polar surface area (TPSA) is 3.24 Å². The Labute approximate surface area is 195 Å². The summed E-state index contributed by atoms with van der Waals surface area (Å²) in [5.74, 6) is 0.895. The van der Waals surface area contributed by atoms with E-state index in [-0.39, 0.29) is 11.0 Å². The highest BCUT2D eigenvalue weighted by atomic mass is 15.2. The van der Waals surface area contributed by atoms with Crippen LogP contribution in [0.25, 0.3) is 11.1 Å². The average Bonchev–Trinajstić information content (AvgIpc) is 2.95. The van der Waals surface area contributed by atoms with E-state index in [1.165, 1.54) is 44.8 Å². The summed E-state index contributed by atoms with van der Waals surface area (Å²) in [6.45, 7) is 21.1. The standard InChI is InChI=1S/C31H39N/c1-20(2)22-14-11-13-17-27(22)32(30(5,6)7)29-23(21(3)4)18-19-25-24-15-10-12-16-26(24)31(8,9)28(25)29/h10-21H,1-9H3. The van der Waals surface area contributed by atoms with E-state index in [1.54, 1.807) is 0 Å². The minimum absolute atomic E-state index is 0.0531. The minimum Gasteiger partial charge on any atom is -0.335 e. The smallest absolute Gasteiger partial charge is 0.0498 e. The predicted molar refractivity (Wildman–Crippen MR) is 141 cm³/mol. The van der Waals surface area contributed by atoms with Crippen molar-refractivity contribution in [2.24, 2.45) is 0 Å². The molecular weight excluding hydrogens is 386 g/mol. The lowest BCUT2D eigenvalue weighted by Crippen LogP contribution is -2.40. The van der Waals surface area contributed by atoms with E-state index in [1.807, 2.05) is 0 Å². The highest BCUT2D eigenvalue weighted by molar-refractivity contribution is 5.90. The molecule has 1 heteroatoms. The third-order valence-electron chi connectivity index (χ3n) is 7.04. The Balaban J connectivity index is 2.13. The first-order valence-corrected chi connectivity index (χ1v) is 12.1.